The molecule has 3 amide bonds. The van der Waals surface area contributed by atoms with E-state index in [0.29, 0.717) is 22.8 Å². The molecule has 0 aliphatic rings. The van der Waals surface area contributed by atoms with Crippen molar-refractivity contribution in [2.45, 2.75) is 6.92 Å². The first kappa shape index (κ1) is 20.4. The first-order chi connectivity index (χ1) is 14.0. The standard InChI is InChI=1S/C22H20BrN3O3/c1-15-7-12-20(19(23)13-15)29-14-21(27)24-17-8-10-18(11-9-17)26-22(28)25-16-5-3-2-4-6-16/h2-13H,14H2,1H3,(H,24,27)(H2,25,26,28). The van der Waals surface area contributed by atoms with E-state index in [1.165, 1.54) is 0 Å². The number of ether oxygens (including phenoxy) is 1. The summed E-state index contributed by atoms with van der Waals surface area (Å²) < 4.78 is 6.34. The van der Waals surface area contributed by atoms with Crippen molar-refractivity contribution in [2.75, 3.05) is 22.6 Å². The van der Waals surface area contributed by atoms with Crippen LogP contribution in [0.3, 0.4) is 0 Å². The van der Waals surface area contributed by atoms with Crippen LogP contribution in [-0.4, -0.2) is 18.5 Å². The predicted molar refractivity (Wildman–Crippen MR) is 119 cm³/mol. The Morgan fingerprint density at radius 3 is 2.03 bits per heavy atom. The van der Waals surface area contributed by atoms with Gasteiger partial charge in [-0.15, -0.1) is 0 Å². The molecule has 0 aromatic heterocycles. The summed E-state index contributed by atoms with van der Waals surface area (Å²) in [5.74, 6) is 0.328. The Morgan fingerprint density at radius 1 is 0.828 bits per heavy atom. The van der Waals surface area contributed by atoms with Gasteiger partial charge in [0.25, 0.3) is 5.91 Å². The van der Waals surface area contributed by atoms with Crippen molar-refractivity contribution in [2.24, 2.45) is 0 Å². The number of anilines is 3. The lowest BCUT2D eigenvalue weighted by molar-refractivity contribution is -0.118. The first-order valence-corrected chi connectivity index (χ1v) is 9.71. The van der Waals surface area contributed by atoms with Gasteiger partial charge < -0.3 is 20.7 Å². The minimum atomic E-state index is -0.343. The summed E-state index contributed by atoms with van der Waals surface area (Å²) in [6.45, 7) is 1.87. The molecule has 0 unspecified atom stereocenters. The van der Waals surface area contributed by atoms with Crippen molar-refractivity contribution in [3.8, 4) is 5.75 Å². The van der Waals surface area contributed by atoms with Crippen molar-refractivity contribution < 1.29 is 14.3 Å². The summed E-state index contributed by atoms with van der Waals surface area (Å²) in [6.07, 6.45) is 0. The Morgan fingerprint density at radius 2 is 1.41 bits per heavy atom. The zero-order valence-electron chi connectivity index (χ0n) is 15.7. The van der Waals surface area contributed by atoms with Crippen molar-refractivity contribution in [1.29, 1.82) is 0 Å². The fourth-order valence-corrected chi connectivity index (χ4v) is 3.12. The van der Waals surface area contributed by atoms with Gasteiger partial charge in [0.05, 0.1) is 4.47 Å². The third-order valence-electron chi connectivity index (χ3n) is 3.90. The van der Waals surface area contributed by atoms with E-state index >= 15 is 0 Å². The molecule has 0 aliphatic heterocycles. The molecule has 7 heteroatoms. The monoisotopic (exact) mass is 453 g/mol. The number of rotatable bonds is 6. The minimum Gasteiger partial charge on any atom is -0.483 e. The fourth-order valence-electron chi connectivity index (χ4n) is 2.52. The molecule has 0 heterocycles. The summed E-state index contributed by atoms with van der Waals surface area (Å²) in [6, 6.07) is 21.3. The van der Waals surface area contributed by atoms with Crippen LogP contribution in [0.4, 0.5) is 21.9 Å². The lowest BCUT2D eigenvalue weighted by Crippen LogP contribution is -2.21. The van der Waals surface area contributed by atoms with Crippen LogP contribution < -0.4 is 20.7 Å². The van der Waals surface area contributed by atoms with Gasteiger partial charge in [-0.05, 0) is 76.9 Å². The summed E-state index contributed by atoms with van der Waals surface area (Å²) >= 11 is 3.42. The second-order valence-electron chi connectivity index (χ2n) is 6.29. The van der Waals surface area contributed by atoms with Gasteiger partial charge in [-0.25, -0.2) is 4.79 Å². The Bertz CT molecular complexity index is 992. The van der Waals surface area contributed by atoms with E-state index in [1.54, 1.807) is 36.4 Å². The van der Waals surface area contributed by atoms with Gasteiger partial charge in [0, 0.05) is 17.1 Å². The number of halogens is 1. The molecule has 0 saturated carbocycles. The predicted octanol–water partition coefficient (Wildman–Crippen LogP) is 5.42. The van der Waals surface area contributed by atoms with Crippen LogP contribution in [-0.2, 0) is 4.79 Å². The highest BCUT2D eigenvalue weighted by Gasteiger charge is 2.07. The van der Waals surface area contributed by atoms with Crippen LogP contribution >= 0.6 is 15.9 Å². The summed E-state index contributed by atoms with van der Waals surface area (Å²) in [5.41, 5.74) is 3.01. The van der Waals surface area contributed by atoms with Gasteiger partial charge >= 0.3 is 6.03 Å². The molecule has 3 aromatic rings. The lowest BCUT2D eigenvalue weighted by atomic mass is 10.2. The minimum absolute atomic E-state index is 0.110. The first-order valence-electron chi connectivity index (χ1n) is 8.91. The molecule has 29 heavy (non-hydrogen) atoms. The van der Waals surface area contributed by atoms with E-state index in [2.05, 4.69) is 31.9 Å². The van der Waals surface area contributed by atoms with Gasteiger partial charge in [0.15, 0.2) is 6.61 Å². The molecule has 3 rings (SSSR count). The summed E-state index contributed by atoms with van der Waals surface area (Å²) in [4.78, 5) is 24.1. The van der Waals surface area contributed by atoms with Crippen LogP contribution in [0.25, 0.3) is 0 Å². The smallest absolute Gasteiger partial charge is 0.323 e. The molecule has 3 N–H and O–H groups in total. The maximum atomic E-state index is 12.1. The second-order valence-corrected chi connectivity index (χ2v) is 7.15. The van der Waals surface area contributed by atoms with Crippen LogP contribution in [0, 0.1) is 6.92 Å². The SMILES string of the molecule is Cc1ccc(OCC(=O)Nc2ccc(NC(=O)Nc3ccccc3)cc2)c(Br)c1. The number of carbonyl (C=O) groups is 2. The molecule has 0 radical (unpaired) electrons. The molecule has 0 spiro atoms. The highest BCUT2D eigenvalue weighted by atomic mass is 79.9. The number of aryl methyl sites for hydroxylation is 1. The number of hydrogen-bond acceptors (Lipinski definition) is 3. The average molecular weight is 454 g/mol. The number of urea groups is 1. The number of nitrogens with one attached hydrogen (secondary N) is 3. The largest absolute Gasteiger partial charge is 0.483 e. The van der Waals surface area contributed by atoms with E-state index in [0.717, 1.165) is 10.0 Å². The van der Waals surface area contributed by atoms with Crippen molar-refractivity contribution in [3.05, 3.63) is 82.8 Å². The van der Waals surface area contributed by atoms with Crippen molar-refractivity contribution >= 4 is 44.9 Å². The third-order valence-corrected chi connectivity index (χ3v) is 4.52. The summed E-state index contributed by atoms with van der Waals surface area (Å²) in [7, 11) is 0. The van der Waals surface area contributed by atoms with Gasteiger partial charge in [-0.2, -0.15) is 0 Å². The third kappa shape index (κ3) is 6.36. The number of benzene rings is 3. The fraction of sp³-hybridized carbons (Fsp3) is 0.0909. The molecular formula is C22H20BrN3O3. The van der Waals surface area contributed by atoms with Gasteiger partial charge in [0.2, 0.25) is 0 Å². The van der Waals surface area contributed by atoms with E-state index in [1.807, 2.05) is 43.3 Å². The van der Waals surface area contributed by atoms with E-state index in [9.17, 15) is 9.59 Å². The van der Waals surface area contributed by atoms with Crippen molar-refractivity contribution in [3.63, 3.8) is 0 Å². The Labute approximate surface area is 177 Å². The molecule has 0 atom stereocenters. The van der Waals surface area contributed by atoms with E-state index < -0.39 is 0 Å². The number of hydrogen-bond donors (Lipinski definition) is 3. The molecule has 0 saturated heterocycles. The zero-order valence-corrected chi connectivity index (χ0v) is 17.3. The molecule has 6 nitrogen and oxygen atoms in total. The normalized spacial score (nSPS) is 10.1. The maximum Gasteiger partial charge on any atom is 0.323 e. The lowest BCUT2D eigenvalue weighted by Gasteiger charge is -2.10. The number of amides is 3. The Hall–Kier alpha value is -3.32. The van der Waals surface area contributed by atoms with Crippen molar-refractivity contribution in [1.82, 2.24) is 0 Å². The van der Waals surface area contributed by atoms with Crippen LogP contribution in [0.1, 0.15) is 5.56 Å². The summed E-state index contributed by atoms with van der Waals surface area (Å²) in [5, 5.41) is 8.23. The molecule has 0 bridgehead atoms. The molecule has 0 fully saturated rings. The van der Waals surface area contributed by atoms with Crippen LogP contribution in [0.2, 0.25) is 0 Å². The Balaban J connectivity index is 1.48. The van der Waals surface area contributed by atoms with Crippen LogP contribution in [0.5, 0.6) is 5.75 Å². The highest BCUT2D eigenvalue weighted by Crippen LogP contribution is 2.25. The van der Waals surface area contributed by atoms with Gasteiger partial charge in [-0.1, -0.05) is 24.3 Å². The highest BCUT2D eigenvalue weighted by molar-refractivity contribution is 9.10. The molecule has 3 aromatic carbocycles. The molecule has 148 valence electrons. The number of para-hydroxylation sites is 1. The van der Waals surface area contributed by atoms with Crippen LogP contribution in [0.15, 0.2) is 77.3 Å². The molecule has 0 aliphatic carbocycles. The van der Waals surface area contributed by atoms with E-state index in [-0.39, 0.29) is 18.5 Å². The van der Waals surface area contributed by atoms with Gasteiger partial charge in [0.1, 0.15) is 5.75 Å². The number of carbonyl (C=O) groups excluding carboxylic acids is 2. The van der Waals surface area contributed by atoms with E-state index in [4.69, 9.17) is 4.74 Å². The Kier molecular flexibility index (Phi) is 6.86. The molecular weight excluding hydrogens is 434 g/mol. The average Bonchev–Trinajstić information content (AvgIpc) is 2.69. The maximum absolute atomic E-state index is 12.1. The second kappa shape index (κ2) is 9.75. The van der Waals surface area contributed by atoms with Gasteiger partial charge in [-0.3, -0.25) is 4.79 Å². The quantitative estimate of drug-likeness (QED) is 0.466. The zero-order chi connectivity index (χ0) is 20.6. The topological polar surface area (TPSA) is 79.5 Å².